The molecule has 0 bridgehead atoms. The lowest BCUT2D eigenvalue weighted by Gasteiger charge is -2.34. The van der Waals surface area contributed by atoms with Gasteiger partial charge in [-0.1, -0.05) is 96.0 Å². The van der Waals surface area contributed by atoms with Gasteiger partial charge in [-0.15, -0.1) is 12.4 Å². The zero-order chi connectivity index (χ0) is 32.6. The number of aryl methyl sites for hydroxylation is 2. The third-order valence-corrected chi connectivity index (χ3v) is 8.54. The van der Waals surface area contributed by atoms with E-state index in [1.165, 1.54) is 22.3 Å². The van der Waals surface area contributed by atoms with E-state index in [9.17, 15) is 4.79 Å². The topological polar surface area (TPSA) is 54.9 Å². The molecule has 5 aromatic rings. The fraction of sp³-hybridized carbons (Fsp3) is 0.200. The number of amides is 1. The summed E-state index contributed by atoms with van der Waals surface area (Å²) in [6.45, 7) is 8.39. The molecular weight excluding hydrogens is 641 g/mol. The highest BCUT2D eigenvalue weighted by molar-refractivity contribution is 6.32. The monoisotopic (exact) mass is 679 g/mol. The highest BCUT2D eigenvalue weighted by atomic mass is 35.5. The number of carbonyl (C=O) groups is 1. The van der Waals surface area contributed by atoms with Gasteiger partial charge < -0.3 is 14.4 Å². The number of halogens is 2. The molecule has 2 heterocycles. The lowest BCUT2D eigenvalue weighted by molar-refractivity contribution is -0.127. The van der Waals surface area contributed by atoms with Crippen molar-refractivity contribution in [3.05, 3.63) is 148 Å². The van der Waals surface area contributed by atoms with Gasteiger partial charge in [-0.05, 0) is 71.5 Å². The smallest absolute Gasteiger partial charge is 0.246 e. The number of hydrogen-bond donors (Lipinski definition) is 0. The van der Waals surface area contributed by atoms with Crippen LogP contribution in [-0.4, -0.2) is 46.9 Å². The molecule has 0 N–H and O–H groups in total. The molecule has 0 saturated carbocycles. The van der Waals surface area contributed by atoms with Crippen molar-refractivity contribution in [2.75, 3.05) is 26.2 Å². The molecule has 1 amide bonds. The van der Waals surface area contributed by atoms with E-state index >= 15 is 0 Å². The molecule has 1 aromatic heterocycles. The Kier molecular flexibility index (Phi) is 11.9. The molecular formula is C40H39Cl2N3O3. The molecule has 4 aromatic carbocycles. The molecule has 1 fully saturated rings. The average Bonchev–Trinajstić information content (AvgIpc) is 3.10. The number of pyridine rings is 1. The van der Waals surface area contributed by atoms with Crippen LogP contribution in [-0.2, 0) is 17.9 Å². The van der Waals surface area contributed by atoms with Gasteiger partial charge >= 0.3 is 0 Å². The number of rotatable bonds is 10. The molecule has 6 nitrogen and oxygen atoms in total. The maximum absolute atomic E-state index is 13.0. The Hall–Kier alpha value is -4.62. The first-order valence-electron chi connectivity index (χ1n) is 15.9. The second-order valence-electron chi connectivity index (χ2n) is 11.9. The van der Waals surface area contributed by atoms with Crippen LogP contribution in [0, 0.1) is 13.8 Å². The summed E-state index contributed by atoms with van der Waals surface area (Å²) in [5.41, 5.74) is 7.70. The largest absolute Gasteiger partial charge is 0.487 e. The first-order valence-corrected chi connectivity index (χ1v) is 16.2. The second-order valence-corrected chi connectivity index (χ2v) is 12.3. The standard InChI is InChI=1S/C40H38ClN3O3.ClH/c1-29-8-10-32(11-9-29)28-46-36-17-18-38(42-26-36)47-40-30(2)24-33(25-37(40)41)14-19-39(45)44-22-20-43(21-23-44)27-31-12-15-35(16-13-31)34-6-4-3-5-7-34;/h3-19,24-26H,20-23,27-28H2,1-2H3;1H/b19-14+;. The summed E-state index contributed by atoms with van der Waals surface area (Å²) in [4.78, 5) is 21.7. The van der Waals surface area contributed by atoms with Gasteiger partial charge in [0.1, 0.15) is 12.4 Å². The summed E-state index contributed by atoms with van der Waals surface area (Å²) < 4.78 is 11.9. The molecule has 1 aliphatic heterocycles. The molecule has 1 saturated heterocycles. The molecule has 1 aliphatic rings. The summed E-state index contributed by atoms with van der Waals surface area (Å²) >= 11 is 6.62. The van der Waals surface area contributed by atoms with Crippen LogP contribution in [0.3, 0.4) is 0 Å². The van der Waals surface area contributed by atoms with Gasteiger partial charge in [0.25, 0.3) is 0 Å². The van der Waals surface area contributed by atoms with Gasteiger partial charge in [-0.2, -0.15) is 0 Å². The van der Waals surface area contributed by atoms with Crippen molar-refractivity contribution in [3.8, 4) is 28.5 Å². The van der Waals surface area contributed by atoms with Crippen LogP contribution in [0.4, 0.5) is 0 Å². The predicted molar refractivity (Wildman–Crippen MR) is 196 cm³/mol. The highest BCUT2D eigenvalue weighted by Gasteiger charge is 2.20. The fourth-order valence-corrected chi connectivity index (χ4v) is 5.86. The Morgan fingerprint density at radius 3 is 2.19 bits per heavy atom. The van der Waals surface area contributed by atoms with Crippen LogP contribution in [0.2, 0.25) is 5.02 Å². The molecule has 8 heteroatoms. The number of nitrogens with zero attached hydrogens (tertiary/aromatic N) is 3. The summed E-state index contributed by atoms with van der Waals surface area (Å²) in [6.07, 6.45) is 5.07. The van der Waals surface area contributed by atoms with Gasteiger partial charge in [-0.25, -0.2) is 4.98 Å². The van der Waals surface area contributed by atoms with Crippen molar-refractivity contribution >= 4 is 36.0 Å². The minimum Gasteiger partial charge on any atom is -0.487 e. The van der Waals surface area contributed by atoms with Crippen molar-refractivity contribution in [3.63, 3.8) is 0 Å². The number of aromatic nitrogens is 1. The van der Waals surface area contributed by atoms with Crippen molar-refractivity contribution in [2.45, 2.75) is 27.0 Å². The zero-order valence-electron chi connectivity index (χ0n) is 27.1. The zero-order valence-corrected chi connectivity index (χ0v) is 28.7. The molecule has 6 rings (SSSR count). The van der Waals surface area contributed by atoms with E-state index in [0.717, 1.165) is 36.3 Å². The van der Waals surface area contributed by atoms with E-state index in [1.807, 2.05) is 36.1 Å². The first-order chi connectivity index (χ1) is 22.9. The van der Waals surface area contributed by atoms with Crippen molar-refractivity contribution in [1.29, 1.82) is 0 Å². The normalized spacial score (nSPS) is 13.3. The Balaban J connectivity index is 0.00000451. The number of carbonyl (C=O) groups excluding carboxylic acids is 1. The van der Waals surface area contributed by atoms with Gasteiger partial charge in [0.2, 0.25) is 11.8 Å². The number of benzene rings is 4. The maximum atomic E-state index is 13.0. The van der Waals surface area contributed by atoms with E-state index in [1.54, 1.807) is 24.4 Å². The molecule has 0 atom stereocenters. The lowest BCUT2D eigenvalue weighted by Crippen LogP contribution is -2.47. The van der Waals surface area contributed by atoms with E-state index in [0.29, 0.717) is 42.1 Å². The maximum Gasteiger partial charge on any atom is 0.246 e. The predicted octanol–water partition coefficient (Wildman–Crippen LogP) is 9.17. The highest BCUT2D eigenvalue weighted by Crippen LogP contribution is 2.34. The Bertz CT molecular complexity index is 1800. The minimum atomic E-state index is -0.000136. The van der Waals surface area contributed by atoms with Gasteiger partial charge in [0.05, 0.1) is 11.2 Å². The average molecular weight is 681 g/mol. The molecule has 0 radical (unpaired) electrons. The van der Waals surface area contributed by atoms with Crippen molar-refractivity contribution < 1.29 is 14.3 Å². The van der Waals surface area contributed by atoms with E-state index < -0.39 is 0 Å². The molecule has 0 spiro atoms. The van der Waals surface area contributed by atoms with Crippen molar-refractivity contribution in [1.82, 2.24) is 14.8 Å². The second kappa shape index (κ2) is 16.5. The van der Waals surface area contributed by atoms with Crippen LogP contribution in [0.15, 0.2) is 115 Å². The van der Waals surface area contributed by atoms with E-state index in [2.05, 4.69) is 89.6 Å². The van der Waals surface area contributed by atoms with Gasteiger partial charge in [0.15, 0.2) is 5.75 Å². The van der Waals surface area contributed by atoms with E-state index in [-0.39, 0.29) is 18.3 Å². The van der Waals surface area contributed by atoms with Crippen LogP contribution < -0.4 is 9.47 Å². The third-order valence-electron chi connectivity index (χ3n) is 8.26. The van der Waals surface area contributed by atoms with Crippen molar-refractivity contribution in [2.24, 2.45) is 0 Å². The first kappa shape index (κ1) is 34.7. The van der Waals surface area contributed by atoms with Crippen LogP contribution in [0.1, 0.15) is 27.8 Å². The van der Waals surface area contributed by atoms with Crippen LogP contribution in [0.25, 0.3) is 17.2 Å². The van der Waals surface area contributed by atoms with Crippen LogP contribution >= 0.6 is 24.0 Å². The summed E-state index contributed by atoms with van der Waals surface area (Å²) in [5, 5.41) is 0.448. The molecule has 0 unspecified atom stereocenters. The summed E-state index contributed by atoms with van der Waals surface area (Å²) in [6, 6.07) is 34.7. The lowest BCUT2D eigenvalue weighted by atomic mass is 10.0. The van der Waals surface area contributed by atoms with Gasteiger partial charge in [0, 0.05) is 44.9 Å². The number of ether oxygens (including phenoxy) is 2. The molecule has 246 valence electrons. The minimum absolute atomic E-state index is 0. The summed E-state index contributed by atoms with van der Waals surface area (Å²) in [5.74, 6) is 1.60. The summed E-state index contributed by atoms with van der Waals surface area (Å²) in [7, 11) is 0. The van der Waals surface area contributed by atoms with Gasteiger partial charge in [-0.3, -0.25) is 9.69 Å². The molecule has 48 heavy (non-hydrogen) atoms. The third kappa shape index (κ3) is 9.26. The Labute approximate surface area is 294 Å². The Morgan fingerprint density at radius 1 is 0.833 bits per heavy atom. The number of piperazine rings is 1. The Morgan fingerprint density at radius 2 is 1.52 bits per heavy atom. The van der Waals surface area contributed by atoms with E-state index in [4.69, 9.17) is 21.1 Å². The fourth-order valence-electron chi connectivity index (χ4n) is 5.54. The quantitative estimate of drug-likeness (QED) is 0.138. The molecule has 0 aliphatic carbocycles. The number of hydrogen-bond acceptors (Lipinski definition) is 5. The van der Waals surface area contributed by atoms with Crippen LogP contribution in [0.5, 0.6) is 17.4 Å². The SMILES string of the molecule is Cc1ccc(COc2ccc(Oc3c(C)cc(/C=C/C(=O)N4CCN(Cc5ccc(-c6ccccc6)cc5)CC4)cc3Cl)nc2)cc1.Cl.